The van der Waals surface area contributed by atoms with E-state index in [1.165, 1.54) is 0 Å². The first-order chi connectivity index (χ1) is 9.65. The van der Waals surface area contributed by atoms with E-state index in [1.807, 2.05) is 45.0 Å². The van der Waals surface area contributed by atoms with Gasteiger partial charge in [0.2, 0.25) is 0 Å². The summed E-state index contributed by atoms with van der Waals surface area (Å²) in [6, 6.07) is 10.0. The zero-order chi connectivity index (χ0) is 14.1. The topological polar surface area (TPSA) is 48.2 Å². The number of benzene rings is 1. The number of aryl methyl sites for hydroxylation is 3. The first-order valence-electron chi connectivity index (χ1n) is 6.56. The van der Waals surface area contributed by atoms with Gasteiger partial charge in [-0.05, 0) is 32.9 Å². The highest BCUT2D eigenvalue weighted by atomic mass is 16.5. The van der Waals surface area contributed by atoms with Crippen LogP contribution in [0.3, 0.4) is 0 Å². The molecule has 0 N–H and O–H groups in total. The van der Waals surface area contributed by atoms with Gasteiger partial charge in [0, 0.05) is 11.1 Å². The molecule has 102 valence electrons. The maximum Gasteiger partial charge on any atom is 0.146 e. The molecule has 0 fully saturated rings. The van der Waals surface area contributed by atoms with Crippen LogP contribution < -0.4 is 4.74 Å². The molecule has 0 saturated carbocycles. The summed E-state index contributed by atoms with van der Waals surface area (Å²) in [5, 5.41) is 5.01. The van der Waals surface area contributed by atoms with E-state index in [2.05, 4.69) is 16.2 Å². The van der Waals surface area contributed by atoms with Crippen LogP contribution in [0.2, 0.25) is 0 Å². The number of para-hydroxylation sites is 1. The smallest absolute Gasteiger partial charge is 0.146 e. The third kappa shape index (κ3) is 2.25. The van der Waals surface area contributed by atoms with Crippen LogP contribution in [0.4, 0.5) is 0 Å². The molecule has 0 amide bonds. The van der Waals surface area contributed by atoms with Crippen LogP contribution in [0.15, 0.2) is 34.9 Å². The summed E-state index contributed by atoms with van der Waals surface area (Å²) in [7, 11) is 0. The molecule has 0 unspecified atom stereocenters. The van der Waals surface area contributed by atoms with Crippen molar-refractivity contribution in [1.29, 1.82) is 0 Å². The van der Waals surface area contributed by atoms with Crippen molar-refractivity contribution in [1.82, 2.24) is 10.1 Å². The average Bonchev–Trinajstić information content (AvgIpc) is 2.76. The molecular weight excluding hydrogens is 252 g/mol. The van der Waals surface area contributed by atoms with Crippen molar-refractivity contribution in [2.75, 3.05) is 0 Å². The van der Waals surface area contributed by atoms with Gasteiger partial charge in [0.25, 0.3) is 0 Å². The third-order valence-corrected chi connectivity index (χ3v) is 3.38. The van der Waals surface area contributed by atoms with Gasteiger partial charge in [0.1, 0.15) is 23.6 Å². The summed E-state index contributed by atoms with van der Waals surface area (Å²) in [5.41, 5.74) is 3.73. The van der Waals surface area contributed by atoms with Gasteiger partial charge in [-0.2, -0.15) is 0 Å². The Hall–Kier alpha value is -2.36. The Balaban J connectivity index is 1.93. The summed E-state index contributed by atoms with van der Waals surface area (Å²) >= 11 is 0. The van der Waals surface area contributed by atoms with Crippen molar-refractivity contribution in [2.24, 2.45) is 0 Å². The van der Waals surface area contributed by atoms with Crippen molar-refractivity contribution in [2.45, 2.75) is 27.4 Å². The van der Waals surface area contributed by atoms with Crippen LogP contribution in [0, 0.1) is 20.8 Å². The molecule has 0 atom stereocenters. The molecular formula is C16H16N2O2. The van der Waals surface area contributed by atoms with E-state index in [4.69, 9.17) is 9.26 Å². The van der Waals surface area contributed by atoms with Crippen LogP contribution in [-0.4, -0.2) is 10.1 Å². The largest absolute Gasteiger partial charge is 0.486 e. The van der Waals surface area contributed by atoms with Crippen LogP contribution in [0.5, 0.6) is 5.75 Å². The molecule has 3 aromatic rings. The fourth-order valence-corrected chi connectivity index (χ4v) is 2.19. The van der Waals surface area contributed by atoms with Gasteiger partial charge in [-0.15, -0.1) is 0 Å². The molecule has 2 aromatic heterocycles. The molecule has 0 bridgehead atoms. The summed E-state index contributed by atoms with van der Waals surface area (Å²) < 4.78 is 11.1. The van der Waals surface area contributed by atoms with E-state index in [9.17, 15) is 0 Å². The van der Waals surface area contributed by atoms with Gasteiger partial charge >= 0.3 is 0 Å². The van der Waals surface area contributed by atoms with Gasteiger partial charge < -0.3 is 9.26 Å². The monoisotopic (exact) mass is 268 g/mol. The molecule has 4 heteroatoms. The summed E-state index contributed by atoms with van der Waals surface area (Å²) in [6.07, 6.45) is 0. The second-order valence-corrected chi connectivity index (χ2v) is 4.87. The van der Waals surface area contributed by atoms with Gasteiger partial charge in [-0.25, -0.2) is 4.98 Å². The van der Waals surface area contributed by atoms with Crippen molar-refractivity contribution in [3.8, 4) is 5.75 Å². The zero-order valence-electron chi connectivity index (χ0n) is 11.8. The van der Waals surface area contributed by atoms with E-state index in [0.29, 0.717) is 6.61 Å². The highest BCUT2D eigenvalue weighted by molar-refractivity contribution is 5.84. The maximum absolute atomic E-state index is 5.92. The first kappa shape index (κ1) is 12.7. The number of aromatic nitrogens is 2. The fraction of sp³-hybridized carbons (Fsp3) is 0.250. The number of fused-ring (bicyclic) bond motifs is 1. The van der Waals surface area contributed by atoms with Crippen LogP contribution >= 0.6 is 0 Å². The lowest BCUT2D eigenvalue weighted by Gasteiger charge is -2.09. The minimum Gasteiger partial charge on any atom is -0.486 e. The lowest BCUT2D eigenvalue weighted by Crippen LogP contribution is -1.99. The second kappa shape index (κ2) is 4.96. The predicted molar refractivity (Wildman–Crippen MR) is 76.8 cm³/mol. The van der Waals surface area contributed by atoms with Crippen molar-refractivity contribution < 1.29 is 9.26 Å². The number of ether oxygens (including phenoxy) is 1. The third-order valence-electron chi connectivity index (χ3n) is 3.38. The SMILES string of the molecule is Cc1ccc2cccc(OCc3c(C)noc3C)c2n1. The van der Waals surface area contributed by atoms with Gasteiger partial charge in [-0.3, -0.25) is 0 Å². The van der Waals surface area contributed by atoms with Gasteiger partial charge in [0.15, 0.2) is 0 Å². The van der Waals surface area contributed by atoms with E-state index < -0.39 is 0 Å². The Kier molecular flexibility index (Phi) is 3.14. The quantitative estimate of drug-likeness (QED) is 0.726. The summed E-state index contributed by atoms with van der Waals surface area (Å²) in [4.78, 5) is 4.56. The molecule has 1 aromatic carbocycles. The molecule has 0 spiro atoms. The Morgan fingerprint density at radius 3 is 2.70 bits per heavy atom. The number of pyridine rings is 1. The molecule has 2 heterocycles. The van der Waals surface area contributed by atoms with Gasteiger partial charge in [0.05, 0.1) is 11.3 Å². The Morgan fingerprint density at radius 1 is 1.10 bits per heavy atom. The standard InChI is InChI=1S/C16H16N2O2/c1-10-7-8-13-5-4-6-15(16(13)17-10)19-9-14-11(2)18-20-12(14)3/h4-8H,9H2,1-3H3. The first-order valence-corrected chi connectivity index (χ1v) is 6.56. The second-order valence-electron chi connectivity index (χ2n) is 4.87. The van der Waals surface area contributed by atoms with Gasteiger partial charge in [-0.1, -0.05) is 23.4 Å². The highest BCUT2D eigenvalue weighted by Crippen LogP contribution is 2.25. The Morgan fingerprint density at radius 2 is 1.95 bits per heavy atom. The maximum atomic E-state index is 5.92. The molecule has 4 nitrogen and oxygen atoms in total. The number of hydrogen-bond donors (Lipinski definition) is 0. The highest BCUT2D eigenvalue weighted by Gasteiger charge is 2.11. The Labute approximate surface area is 117 Å². The summed E-state index contributed by atoms with van der Waals surface area (Å²) in [6.45, 7) is 6.23. The zero-order valence-corrected chi connectivity index (χ0v) is 11.8. The number of nitrogens with zero attached hydrogens (tertiary/aromatic N) is 2. The molecule has 3 rings (SSSR count). The molecule has 0 radical (unpaired) electrons. The Bertz CT molecular complexity index is 743. The molecule has 0 aliphatic rings. The fourth-order valence-electron chi connectivity index (χ4n) is 2.19. The van der Waals surface area contributed by atoms with Crippen LogP contribution in [-0.2, 0) is 6.61 Å². The lowest BCUT2D eigenvalue weighted by molar-refractivity contribution is 0.304. The van der Waals surface area contributed by atoms with Crippen molar-refractivity contribution in [3.63, 3.8) is 0 Å². The number of rotatable bonds is 3. The van der Waals surface area contributed by atoms with E-state index in [0.717, 1.165) is 39.4 Å². The lowest BCUT2D eigenvalue weighted by atomic mass is 10.2. The van der Waals surface area contributed by atoms with Crippen molar-refractivity contribution >= 4 is 10.9 Å². The average molecular weight is 268 g/mol. The summed E-state index contributed by atoms with van der Waals surface area (Å²) in [5.74, 6) is 1.58. The predicted octanol–water partition coefficient (Wildman–Crippen LogP) is 3.73. The van der Waals surface area contributed by atoms with Crippen LogP contribution in [0.25, 0.3) is 10.9 Å². The molecule has 0 saturated heterocycles. The van der Waals surface area contributed by atoms with E-state index in [1.54, 1.807) is 0 Å². The number of hydrogen-bond acceptors (Lipinski definition) is 4. The molecule has 0 aliphatic carbocycles. The normalized spacial score (nSPS) is 10.9. The van der Waals surface area contributed by atoms with Crippen LogP contribution in [0.1, 0.15) is 22.7 Å². The minimum absolute atomic E-state index is 0.440. The molecule has 0 aliphatic heterocycles. The molecule has 20 heavy (non-hydrogen) atoms. The minimum atomic E-state index is 0.440. The van der Waals surface area contributed by atoms with E-state index >= 15 is 0 Å². The van der Waals surface area contributed by atoms with Crippen molar-refractivity contribution in [3.05, 3.63) is 53.0 Å². The van der Waals surface area contributed by atoms with E-state index in [-0.39, 0.29) is 0 Å².